The number of urea groups is 1. The van der Waals surface area contributed by atoms with Gasteiger partial charge in [0.25, 0.3) is 0 Å². The van der Waals surface area contributed by atoms with E-state index in [9.17, 15) is 9.59 Å². The molecule has 2 N–H and O–H groups in total. The van der Waals surface area contributed by atoms with Crippen LogP contribution >= 0.6 is 0 Å². The van der Waals surface area contributed by atoms with E-state index in [4.69, 9.17) is 9.84 Å². The van der Waals surface area contributed by atoms with Crippen molar-refractivity contribution >= 4 is 17.7 Å². The van der Waals surface area contributed by atoms with Gasteiger partial charge >= 0.3 is 12.0 Å². The van der Waals surface area contributed by atoms with Crippen molar-refractivity contribution in [2.24, 2.45) is 5.92 Å². The number of hydrogen-bond acceptors (Lipinski definition) is 3. The van der Waals surface area contributed by atoms with Crippen LogP contribution < -0.4 is 10.1 Å². The second-order valence-electron chi connectivity index (χ2n) is 5.43. The van der Waals surface area contributed by atoms with Gasteiger partial charge in [-0.1, -0.05) is 13.0 Å². The fourth-order valence-electron chi connectivity index (χ4n) is 2.68. The van der Waals surface area contributed by atoms with Gasteiger partial charge in [0.05, 0.1) is 13.0 Å². The molecule has 1 aromatic carbocycles. The first-order valence-electron chi connectivity index (χ1n) is 7.50. The zero-order valence-corrected chi connectivity index (χ0v) is 13.0. The summed E-state index contributed by atoms with van der Waals surface area (Å²) in [6.45, 7) is 2.88. The molecular weight excluding hydrogens is 284 g/mol. The number of carbonyl (C=O) groups excluding carboxylic acids is 1. The standard InChI is InChI=1S/C16H22N2O4/c1-3-11-6-7-13(9-14(11)22-2)17-16(21)18-8-4-5-12(10-18)15(19)20/h6-7,9,12H,3-5,8,10H2,1-2H3,(H,17,21)(H,19,20). The third-order valence-corrected chi connectivity index (χ3v) is 3.98. The van der Waals surface area contributed by atoms with Gasteiger partial charge in [-0.25, -0.2) is 4.79 Å². The van der Waals surface area contributed by atoms with Crippen molar-refractivity contribution in [3.05, 3.63) is 23.8 Å². The van der Waals surface area contributed by atoms with Crippen LogP contribution in [0.3, 0.4) is 0 Å². The van der Waals surface area contributed by atoms with E-state index in [1.54, 1.807) is 18.1 Å². The average molecular weight is 306 g/mol. The van der Waals surface area contributed by atoms with Crippen LogP contribution in [0.2, 0.25) is 0 Å². The summed E-state index contributed by atoms with van der Waals surface area (Å²) in [5, 5.41) is 11.9. The van der Waals surface area contributed by atoms with Crippen molar-refractivity contribution < 1.29 is 19.4 Å². The quantitative estimate of drug-likeness (QED) is 0.896. The number of piperidine rings is 1. The molecule has 120 valence electrons. The van der Waals surface area contributed by atoms with Gasteiger partial charge in [0, 0.05) is 24.8 Å². The Morgan fingerprint density at radius 1 is 1.45 bits per heavy atom. The number of benzene rings is 1. The van der Waals surface area contributed by atoms with E-state index in [-0.39, 0.29) is 12.6 Å². The third kappa shape index (κ3) is 3.69. The molecule has 1 atom stereocenters. The number of nitrogens with zero attached hydrogens (tertiary/aromatic N) is 1. The summed E-state index contributed by atoms with van der Waals surface area (Å²) in [5.41, 5.74) is 1.72. The van der Waals surface area contributed by atoms with Gasteiger partial charge in [-0.15, -0.1) is 0 Å². The zero-order chi connectivity index (χ0) is 16.1. The van der Waals surface area contributed by atoms with Crippen molar-refractivity contribution in [2.75, 3.05) is 25.5 Å². The molecule has 0 spiro atoms. The maximum atomic E-state index is 12.3. The van der Waals surface area contributed by atoms with E-state index in [2.05, 4.69) is 5.32 Å². The van der Waals surface area contributed by atoms with Gasteiger partial charge in [0.15, 0.2) is 0 Å². The molecule has 0 aliphatic carbocycles. The lowest BCUT2D eigenvalue weighted by molar-refractivity contribution is -0.143. The summed E-state index contributed by atoms with van der Waals surface area (Å²) in [6.07, 6.45) is 2.18. The highest BCUT2D eigenvalue weighted by molar-refractivity contribution is 5.90. The second-order valence-corrected chi connectivity index (χ2v) is 5.43. The van der Waals surface area contributed by atoms with Gasteiger partial charge < -0.3 is 20.1 Å². The number of amides is 2. The number of aliphatic carboxylic acids is 1. The van der Waals surface area contributed by atoms with Crippen LogP contribution in [0.15, 0.2) is 18.2 Å². The molecule has 2 rings (SSSR count). The summed E-state index contributed by atoms with van der Waals surface area (Å²) in [5.74, 6) is -0.578. The Hall–Kier alpha value is -2.24. The van der Waals surface area contributed by atoms with E-state index in [1.807, 2.05) is 19.1 Å². The van der Waals surface area contributed by atoms with Crippen molar-refractivity contribution in [3.8, 4) is 5.75 Å². The van der Waals surface area contributed by atoms with Crippen LogP contribution in [-0.4, -0.2) is 42.2 Å². The maximum Gasteiger partial charge on any atom is 0.321 e. The van der Waals surface area contributed by atoms with Crippen molar-refractivity contribution in [3.63, 3.8) is 0 Å². The van der Waals surface area contributed by atoms with Crippen LogP contribution in [0, 0.1) is 5.92 Å². The number of aryl methyl sites for hydroxylation is 1. The topological polar surface area (TPSA) is 78.9 Å². The summed E-state index contributed by atoms with van der Waals surface area (Å²) >= 11 is 0. The SMILES string of the molecule is CCc1ccc(NC(=O)N2CCCC(C(=O)O)C2)cc1OC. The lowest BCUT2D eigenvalue weighted by Gasteiger charge is -2.30. The van der Waals surface area contributed by atoms with Crippen molar-refractivity contribution in [1.82, 2.24) is 4.90 Å². The Morgan fingerprint density at radius 3 is 2.86 bits per heavy atom. The monoisotopic (exact) mass is 306 g/mol. The predicted octanol–water partition coefficient (Wildman–Crippen LogP) is 2.59. The summed E-state index contributed by atoms with van der Waals surface area (Å²) in [7, 11) is 1.60. The molecular formula is C16H22N2O4. The molecule has 1 aliphatic rings. The first-order valence-corrected chi connectivity index (χ1v) is 7.50. The molecule has 1 aromatic rings. The number of hydrogen-bond donors (Lipinski definition) is 2. The molecule has 0 bridgehead atoms. The molecule has 6 heteroatoms. The minimum absolute atomic E-state index is 0.255. The van der Waals surface area contributed by atoms with Crippen molar-refractivity contribution in [2.45, 2.75) is 26.2 Å². The highest BCUT2D eigenvalue weighted by atomic mass is 16.5. The Kier molecular flexibility index (Phi) is 5.25. The molecule has 22 heavy (non-hydrogen) atoms. The number of methoxy groups -OCH3 is 1. The molecule has 1 heterocycles. The largest absolute Gasteiger partial charge is 0.496 e. The molecule has 1 saturated heterocycles. The highest BCUT2D eigenvalue weighted by Gasteiger charge is 2.28. The second kappa shape index (κ2) is 7.15. The van der Waals surface area contributed by atoms with Gasteiger partial charge in [0.2, 0.25) is 0 Å². The van der Waals surface area contributed by atoms with Crippen LogP contribution in [0.5, 0.6) is 5.75 Å². The number of carbonyl (C=O) groups is 2. The number of carboxylic acids is 1. The number of carboxylic acid groups (broad SMARTS) is 1. The first-order chi connectivity index (χ1) is 10.5. The van der Waals surface area contributed by atoms with Crippen molar-refractivity contribution in [1.29, 1.82) is 0 Å². The van der Waals surface area contributed by atoms with E-state index in [1.165, 1.54) is 0 Å². The summed E-state index contributed by atoms with van der Waals surface area (Å²) in [6, 6.07) is 5.27. The van der Waals surface area contributed by atoms with E-state index in [0.29, 0.717) is 25.1 Å². The van der Waals surface area contributed by atoms with Gasteiger partial charge in [-0.3, -0.25) is 4.79 Å². The zero-order valence-electron chi connectivity index (χ0n) is 13.0. The molecule has 1 fully saturated rings. The number of nitrogens with one attached hydrogen (secondary N) is 1. The molecule has 0 saturated carbocycles. The van der Waals surface area contributed by atoms with E-state index >= 15 is 0 Å². The minimum atomic E-state index is -0.841. The van der Waals surface area contributed by atoms with Gasteiger partial charge in [-0.2, -0.15) is 0 Å². The van der Waals surface area contributed by atoms with E-state index < -0.39 is 11.9 Å². The van der Waals surface area contributed by atoms with E-state index in [0.717, 1.165) is 17.7 Å². The normalized spacial score (nSPS) is 17.9. The van der Waals surface area contributed by atoms with Gasteiger partial charge in [0.1, 0.15) is 5.75 Å². The Labute approximate surface area is 130 Å². The number of likely N-dealkylation sites (tertiary alicyclic amines) is 1. The Bertz CT molecular complexity index is 559. The van der Waals surface area contributed by atoms with Gasteiger partial charge in [-0.05, 0) is 30.9 Å². The number of ether oxygens (including phenoxy) is 1. The third-order valence-electron chi connectivity index (χ3n) is 3.98. The summed E-state index contributed by atoms with van der Waals surface area (Å²) in [4.78, 5) is 24.9. The minimum Gasteiger partial charge on any atom is -0.496 e. The fourth-order valence-corrected chi connectivity index (χ4v) is 2.68. The predicted molar refractivity (Wildman–Crippen MR) is 83.3 cm³/mol. The first kappa shape index (κ1) is 16.1. The Balaban J connectivity index is 2.04. The average Bonchev–Trinajstić information content (AvgIpc) is 2.54. The van der Waals surface area contributed by atoms with Crippen LogP contribution in [0.4, 0.5) is 10.5 Å². The lowest BCUT2D eigenvalue weighted by Crippen LogP contribution is -2.44. The molecule has 0 radical (unpaired) electrons. The highest BCUT2D eigenvalue weighted by Crippen LogP contribution is 2.24. The lowest BCUT2D eigenvalue weighted by atomic mass is 9.99. The summed E-state index contributed by atoms with van der Waals surface area (Å²) < 4.78 is 5.31. The van der Waals surface area contributed by atoms with Crippen LogP contribution in [0.25, 0.3) is 0 Å². The molecule has 1 unspecified atom stereocenters. The molecule has 2 amide bonds. The number of rotatable bonds is 4. The molecule has 6 nitrogen and oxygen atoms in total. The van der Waals surface area contributed by atoms with Crippen LogP contribution in [0.1, 0.15) is 25.3 Å². The van der Waals surface area contributed by atoms with Crippen LogP contribution in [-0.2, 0) is 11.2 Å². The fraction of sp³-hybridized carbons (Fsp3) is 0.500. The Morgan fingerprint density at radius 2 is 2.23 bits per heavy atom. The number of anilines is 1. The smallest absolute Gasteiger partial charge is 0.321 e. The molecule has 1 aliphatic heterocycles. The maximum absolute atomic E-state index is 12.3. The molecule has 0 aromatic heterocycles.